The number of thiophene rings is 1. The second-order valence-corrected chi connectivity index (χ2v) is 15.2. The van der Waals surface area contributed by atoms with E-state index in [-0.39, 0.29) is 0 Å². The van der Waals surface area contributed by atoms with Crippen LogP contribution in [0.5, 0.6) is 0 Å². The van der Waals surface area contributed by atoms with Gasteiger partial charge in [0.25, 0.3) is 0 Å². The van der Waals surface area contributed by atoms with Crippen LogP contribution in [0, 0.1) is 0 Å². The molecular weight excluding hydrogens is 689 g/mol. The van der Waals surface area contributed by atoms with Crippen molar-refractivity contribution in [1.82, 2.24) is 19.1 Å². The molecule has 0 aliphatic heterocycles. The predicted molar refractivity (Wildman–Crippen MR) is 232 cm³/mol. The Hall–Kier alpha value is -7.08. The van der Waals surface area contributed by atoms with E-state index in [2.05, 4.69) is 179 Å². The van der Waals surface area contributed by atoms with Crippen LogP contribution in [-0.4, -0.2) is 19.1 Å². The van der Waals surface area contributed by atoms with Crippen LogP contribution >= 0.6 is 11.3 Å². The number of nitrogens with zero attached hydrogens (tertiary/aromatic N) is 4. The summed E-state index contributed by atoms with van der Waals surface area (Å²) in [6.07, 6.45) is 0. The molecule has 256 valence electrons. The van der Waals surface area contributed by atoms with Gasteiger partial charge in [0, 0.05) is 59.2 Å². The van der Waals surface area contributed by atoms with Crippen LogP contribution in [0.1, 0.15) is 0 Å². The van der Waals surface area contributed by atoms with Gasteiger partial charge >= 0.3 is 0 Å². The molecule has 0 saturated carbocycles. The number of benzene rings is 8. The third-order valence-corrected chi connectivity index (χ3v) is 12.3. The van der Waals surface area contributed by atoms with Gasteiger partial charge in [-0.1, -0.05) is 127 Å². The summed E-state index contributed by atoms with van der Waals surface area (Å²) in [5.74, 6) is 0.709. The lowest BCUT2D eigenvalue weighted by Crippen LogP contribution is -1.98. The van der Waals surface area contributed by atoms with Gasteiger partial charge in [-0.2, -0.15) is 0 Å². The molecule has 0 saturated heterocycles. The molecule has 0 N–H and O–H groups in total. The first-order valence-electron chi connectivity index (χ1n) is 18.6. The summed E-state index contributed by atoms with van der Waals surface area (Å²) in [5.41, 5.74) is 10.9. The normalized spacial score (nSPS) is 12.0. The second kappa shape index (κ2) is 11.7. The van der Waals surface area contributed by atoms with Gasteiger partial charge in [0.05, 0.1) is 43.7 Å². The summed E-state index contributed by atoms with van der Waals surface area (Å²) in [5, 5.41) is 8.65. The van der Waals surface area contributed by atoms with Crippen molar-refractivity contribution in [3.05, 3.63) is 182 Å². The van der Waals surface area contributed by atoms with Crippen LogP contribution in [-0.2, 0) is 0 Å². The molecule has 5 heteroatoms. The summed E-state index contributed by atoms with van der Waals surface area (Å²) < 4.78 is 7.50. The van der Waals surface area contributed by atoms with E-state index >= 15 is 0 Å². The highest BCUT2D eigenvalue weighted by Gasteiger charge is 2.22. The lowest BCUT2D eigenvalue weighted by molar-refractivity contribution is 1.17. The fraction of sp³-hybridized carbons (Fsp3) is 0. The van der Waals surface area contributed by atoms with E-state index in [0.717, 1.165) is 38.9 Å². The van der Waals surface area contributed by atoms with Gasteiger partial charge in [0.2, 0.25) is 0 Å². The van der Waals surface area contributed by atoms with Crippen molar-refractivity contribution in [2.45, 2.75) is 0 Å². The van der Waals surface area contributed by atoms with Gasteiger partial charge in [-0.25, -0.2) is 9.97 Å². The average molecular weight is 719 g/mol. The lowest BCUT2D eigenvalue weighted by Gasteiger charge is -2.12. The zero-order chi connectivity index (χ0) is 36.0. The first-order valence-corrected chi connectivity index (χ1v) is 19.4. The quantitative estimate of drug-likeness (QED) is 0.182. The molecule has 0 amide bonds. The summed E-state index contributed by atoms with van der Waals surface area (Å²) in [4.78, 5) is 10.3. The summed E-state index contributed by atoms with van der Waals surface area (Å²) in [7, 11) is 0. The fourth-order valence-electron chi connectivity index (χ4n) is 8.77. The lowest BCUT2D eigenvalue weighted by atomic mass is 10.1. The third-order valence-electron chi connectivity index (χ3n) is 11.1. The molecule has 12 rings (SSSR count). The Balaban J connectivity index is 1.11. The van der Waals surface area contributed by atoms with Crippen molar-refractivity contribution in [3.63, 3.8) is 0 Å². The molecular formula is C50H30N4S. The molecule has 0 atom stereocenters. The summed E-state index contributed by atoms with van der Waals surface area (Å²) in [6, 6.07) is 65.2. The Labute approximate surface area is 319 Å². The van der Waals surface area contributed by atoms with Gasteiger partial charge < -0.3 is 9.13 Å². The zero-order valence-corrected chi connectivity index (χ0v) is 30.3. The van der Waals surface area contributed by atoms with Crippen molar-refractivity contribution in [1.29, 1.82) is 0 Å². The Morgan fingerprint density at radius 3 is 1.80 bits per heavy atom. The Bertz CT molecular complexity index is 3500. The van der Waals surface area contributed by atoms with Crippen LogP contribution in [0.4, 0.5) is 0 Å². The number of hydrogen-bond acceptors (Lipinski definition) is 3. The highest BCUT2D eigenvalue weighted by atomic mass is 32.1. The minimum absolute atomic E-state index is 0.709. The molecule has 8 aromatic carbocycles. The van der Waals surface area contributed by atoms with Crippen molar-refractivity contribution in [2.24, 2.45) is 0 Å². The molecule has 4 heterocycles. The van der Waals surface area contributed by atoms with Crippen LogP contribution in [0.3, 0.4) is 0 Å². The molecule has 4 aromatic heterocycles. The summed E-state index contributed by atoms with van der Waals surface area (Å²) >= 11 is 1.88. The monoisotopic (exact) mass is 718 g/mol. The Morgan fingerprint density at radius 2 is 1.00 bits per heavy atom. The van der Waals surface area contributed by atoms with Crippen LogP contribution < -0.4 is 0 Å². The third kappa shape index (κ3) is 4.45. The van der Waals surface area contributed by atoms with E-state index in [1.165, 1.54) is 64.0 Å². The standard InChI is InChI=1S/C50H30N4S/c1-2-14-31(15-3-1)48-36-19-4-8-23-39(36)51-50(52-48)32-16-12-17-33(30-32)53-40-24-9-5-20-37(40)46-42(53)28-29-43-47(46)38-21-6-10-25-41(38)54(43)44-26-13-22-35-34-18-7-11-27-45(34)55-49(35)44/h1-30H. The number of hydrogen-bond donors (Lipinski definition) is 0. The molecule has 0 spiro atoms. The van der Waals surface area contributed by atoms with Crippen LogP contribution in [0.25, 0.3) is 109 Å². The van der Waals surface area contributed by atoms with E-state index < -0.39 is 0 Å². The van der Waals surface area contributed by atoms with Crippen LogP contribution in [0.15, 0.2) is 182 Å². The van der Waals surface area contributed by atoms with Crippen molar-refractivity contribution in [2.75, 3.05) is 0 Å². The average Bonchev–Trinajstić information content (AvgIpc) is 3.91. The zero-order valence-electron chi connectivity index (χ0n) is 29.5. The highest BCUT2D eigenvalue weighted by molar-refractivity contribution is 7.26. The Morgan fingerprint density at radius 1 is 0.400 bits per heavy atom. The van der Waals surface area contributed by atoms with Crippen molar-refractivity contribution >= 4 is 86.0 Å². The van der Waals surface area contributed by atoms with Gasteiger partial charge in [-0.3, -0.25) is 0 Å². The van der Waals surface area contributed by atoms with E-state index in [1.54, 1.807) is 0 Å². The van der Waals surface area contributed by atoms with E-state index in [1.807, 2.05) is 23.5 Å². The number of para-hydroxylation sites is 3. The first-order chi connectivity index (χ1) is 27.3. The van der Waals surface area contributed by atoms with Crippen LogP contribution in [0.2, 0.25) is 0 Å². The molecule has 0 bridgehead atoms. The van der Waals surface area contributed by atoms with Crippen molar-refractivity contribution in [3.8, 4) is 34.0 Å². The molecule has 0 aliphatic rings. The SMILES string of the molecule is c1ccc(-c2nc(-c3cccc(-n4c5ccccc5c5c6c7ccccc7n(-c7cccc8c7sc7ccccc78)c6ccc54)c3)nc3ccccc23)cc1. The van der Waals surface area contributed by atoms with Gasteiger partial charge in [0.1, 0.15) is 0 Å². The maximum atomic E-state index is 5.21. The van der Waals surface area contributed by atoms with E-state index in [0.29, 0.717) is 5.82 Å². The largest absolute Gasteiger partial charge is 0.309 e. The molecule has 0 unspecified atom stereocenters. The maximum Gasteiger partial charge on any atom is 0.160 e. The molecule has 4 nitrogen and oxygen atoms in total. The van der Waals surface area contributed by atoms with Crippen molar-refractivity contribution < 1.29 is 0 Å². The van der Waals surface area contributed by atoms with Gasteiger partial charge in [0.15, 0.2) is 5.82 Å². The molecule has 12 aromatic rings. The minimum atomic E-state index is 0.709. The highest BCUT2D eigenvalue weighted by Crippen LogP contribution is 2.45. The maximum absolute atomic E-state index is 5.21. The molecule has 0 aliphatic carbocycles. The van der Waals surface area contributed by atoms with E-state index in [4.69, 9.17) is 9.97 Å². The molecule has 0 radical (unpaired) electrons. The molecule has 0 fully saturated rings. The fourth-order valence-corrected chi connectivity index (χ4v) is 9.98. The minimum Gasteiger partial charge on any atom is -0.309 e. The van der Waals surface area contributed by atoms with Gasteiger partial charge in [-0.15, -0.1) is 11.3 Å². The Kier molecular flexibility index (Phi) is 6.47. The number of aromatic nitrogens is 4. The predicted octanol–water partition coefficient (Wildman–Crippen LogP) is 13.5. The first kappa shape index (κ1) is 30.4. The van der Waals surface area contributed by atoms with E-state index in [9.17, 15) is 0 Å². The topological polar surface area (TPSA) is 35.6 Å². The molecule has 55 heavy (non-hydrogen) atoms. The number of rotatable bonds is 4. The second-order valence-electron chi connectivity index (χ2n) is 14.1. The number of fused-ring (bicyclic) bond motifs is 11. The van der Waals surface area contributed by atoms with Gasteiger partial charge in [-0.05, 0) is 54.6 Å². The summed E-state index contributed by atoms with van der Waals surface area (Å²) in [6.45, 7) is 0. The smallest absolute Gasteiger partial charge is 0.160 e.